The standard InChI is InChI=1S/C17H26N4O/c1-13-9-10-16(20-19-13)17(22)18-12-15-8-5-11-21(15)14-6-3-2-4-7-14/h9-10,14-15H,2-8,11-12H2,1H3,(H,18,22). The molecule has 1 amide bonds. The molecule has 1 unspecified atom stereocenters. The van der Waals surface area contributed by atoms with Gasteiger partial charge in [0.05, 0.1) is 5.69 Å². The second kappa shape index (κ2) is 7.18. The number of rotatable bonds is 4. The van der Waals surface area contributed by atoms with Gasteiger partial charge in [0.2, 0.25) is 0 Å². The Morgan fingerprint density at radius 1 is 1.18 bits per heavy atom. The lowest BCUT2D eigenvalue weighted by Crippen LogP contribution is -2.46. The number of aryl methyl sites for hydroxylation is 1. The molecule has 0 radical (unpaired) electrons. The van der Waals surface area contributed by atoms with Gasteiger partial charge in [-0.05, 0) is 51.3 Å². The van der Waals surface area contributed by atoms with Crippen LogP contribution in [0.1, 0.15) is 61.1 Å². The second-order valence-corrected chi connectivity index (χ2v) is 6.60. The minimum absolute atomic E-state index is 0.108. The maximum Gasteiger partial charge on any atom is 0.271 e. The minimum atomic E-state index is -0.108. The Morgan fingerprint density at radius 3 is 2.73 bits per heavy atom. The molecule has 2 aliphatic rings. The predicted molar refractivity (Wildman–Crippen MR) is 85.7 cm³/mol. The number of amides is 1. The first-order valence-electron chi connectivity index (χ1n) is 8.58. The Balaban J connectivity index is 1.53. The highest BCUT2D eigenvalue weighted by Crippen LogP contribution is 2.28. The van der Waals surface area contributed by atoms with Gasteiger partial charge >= 0.3 is 0 Å². The summed E-state index contributed by atoms with van der Waals surface area (Å²) in [6, 6.07) is 4.79. The van der Waals surface area contributed by atoms with Gasteiger partial charge in [0.25, 0.3) is 5.91 Å². The Bertz CT molecular complexity index is 496. The van der Waals surface area contributed by atoms with Crippen molar-refractivity contribution in [1.82, 2.24) is 20.4 Å². The van der Waals surface area contributed by atoms with Crippen LogP contribution < -0.4 is 5.32 Å². The molecule has 1 N–H and O–H groups in total. The first kappa shape index (κ1) is 15.4. The fourth-order valence-corrected chi connectivity index (χ4v) is 3.79. The van der Waals surface area contributed by atoms with Crippen LogP contribution >= 0.6 is 0 Å². The molecule has 1 aliphatic carbocycles. The van der Waals surface area contributed by atoms with E-state index in [0.717, 1.165) is 18.3 Å². The lowest BCUT2D eigenvalue weighted by atomic mass is 9.94. The van der Waals surface area contributed by atoms with Crippen LogP contribution in [0.25, 0.3) is 0 Å². The van der Waals surface area contributed by atoms with Gasteiger partial charge in [-0.15, -0.1) is 5.10 Å². The summed E-state index contributed by atoms with van der Waals surface area (Å²) in [5.41, 5.74) is 1.24. The molecule has 0 bridgehead atoms. The highest BCUT2D eigenvalue weighted by Gasteiger charge is 2.31. The fourth-order valence-electron chi connectivity index (χ4n) is 3.79. The van der Waals surface area contributed by atoms with Gasteiger partial charge in [-0.25, -0.2) is 0 Å². The summed E-state index contributed by atoms with van der Waals surface area (Å²) >= 11 is 0. The van der Waals surface area contributed by atoms with Crippen molar-refractivity contribution in [2.75, 3.05) is 13.1 Å². The van der Waals surface area contributed by atoms with Gasteiger partial charge in [-0.2, -0.15) is 5.10 Å². The van der Waals surface area contributed by atoms with Crippen LogP contribution in [0.2, 0.25) is 0 Å². The van der Waals surface area contributed by atoms with Gasteiger partial charge in [0, 0.05) is 18.6 Å². The summed E-state index contributed by atoms with van der Waals surface area (Å²) in [7, 11) is 0. The normalized spacial score (nSPS) is 23.6. The van der Waals surface area contributed by atoms with Crippen LogP contribution in [0.3, 0.4) is 0 Å². The number of aromatic nitrogens is 2. The fraction of sp³-hybridized carbons (Fsp3) is 0.706. The van der Waals surface area contributed by atoms with Crippen LogP contribution in [0.15, 0.2) is 12.1 Å². The first-order valence-corrected chi connectivity index (χ1v) is 8.58. The third-order valence-corrected chi connectivity index (χ3v) is 5.00. The topological polar surface area (TPSA) is 58.1 Å². The molecule has 1 aromatic rings. The van der Waals surface area contributed by atoms with Gasteiger partial charge < -0.3 is 5.32 Å². The number of hydrogen-bond donors (Lipinski definition) is 1. The van der Waals surface area contributed by atoms with E-state index in [4.69, 9.17) is 0 Å². The van der Waals surface area contributed by atoms with Crippen molar-refractivity contribution in [3.8, 4) is 0 Å². The molecule has 5 nitrogen and oxygen atoms in total. The molecule has 2 heterocycles. The van der Waals surface area contributed by atoms with Crippen molar-refractivity contribution in [2.45, 2.75) is 64.0 Å². The van der Waals surface area contributed by atoms with E-state index in [9.17, 15) is 4.79 Å². The number of carbonyl (C=O) groups excluding carboxylic acids is 1. The Hall–Kier alpha value is -1.49. The summed E-state index contributed by atoms with van der Waals surface area (Å²) in [4.78, 5) is 14.8. The lowest BCUT2D eigenvalue weighted by molar-refractivity contribution is 0.0914. The molecule has 1 saturated heterocycles. The van der Waals surface area contributed by atoms with Crippen molar-refractivity contribution >= 4 is 5.91 Å². The molecular weight excluding hydrogens is 276 g/mol. The zero-order valence-corrected chi connectivity index (χ0v) is 13.4. The molecule has 22 heavy (non-hydrogen) atoms. The number of hydrogen-bond acceptors (Lipinski definition) is 4. The third kappa shape index (κ3) is 3.64. The van der Waals surface area contributed by atoms with Gasteiger partial charge in [-0.3, -0.25) is 9.69 Å². The van der Waals surface area contributed by atoms with E-state index in [1.165, 1.54) is 51.5 Å². The summed E-state index contributed by atoms with van der Waals surface area (Å²) in [6.45, 7) is 3.79. The molecule has 5 heteroatoms. The molecule has 1 atom stereocenters. The maximum atomic E-state index is 12.2. The maximum absolute atomic E-state index is 12.2. The summed E-state index contributed by atoms with van der Waals surface area (Å²) in [5.74, 6) is -0.108. The van der Waals surface area contributed by atoms with Gasteiger partial charge in [0.1, 0.15) is 0 Å². The first-order chi connectivity index (χ1) is 10.7. The van der Waals surface area contributed by atoms with E-state index >= 15 is 0 Å². The number of carbonyl (C=O) groups is 1. The van der Waals surface area contributed by atoms with E-state index in [1.807, 2.05) is 13.0 Å². The van der Waals surface area contributed by atoms with Gasteiger partial charge in [0.15, 0.2) is 5.69 Å². The molecule has 3 rings (SSSR count). The van der Waals surface area contributed by atoms with Crippen molar-refractivity contribution in [1.29, 1.82) is 0 Å². The number of likely N-dealkylation sites (tertiary alicyclic amines) is 1. The Labute approximate surface area is 132 Å². The average molecular weight is 302 g/mol. The summed E-state index contributed by atoms with van der Waals surface area (Å²) in [5, 5.41) is 11.0. The van der Waals surface area contributed by atoms with Gasteiger partial charge in [-0.1, -0.05) is 19.3 Å². The van der Waals surface area contributed by atoms with Crippen LogP contribution in [0.4, 0.5) is 0 Å². The quantitative estimate of drug-likeness (QED) is 0.927. The number of nitrogens with one attached hydrogen (secondary N) is 1. The Kier molecular flexibility index (Phi) is 5.03. The van der Waals surface area contributed by atoms with E-state index in [2.05, 4.69) is 20.4 Å². The highest BCUT2D eigenvalue weighted by atomic mass is 16.1. The average Bonchev–Trinajstić information content (AvgIpc) is 3.02. The molecule has 1 aromatic heterocycles. The summed E-state index contributed by atoms with van der Waals surface area (Å²) < 4.78 is 0. The van der Waals surface area contributed by atoms with Crippen molar-refractivity contribution in [2.24, 2.45) is 0 Å². The molecule has 2 fully saturated rings. The van der Waals surface area contributed by atoms with Crippen molar-refractivity contribution in [3.05, 3.63) is 23.5 Å². The van der Waals surface area contributed by atoms with Crippen molar-refractivity contribution < 1.29 is 4.79 Å². The molecule has 0 aromatic carbocycles. The molecule has 0 spiro atoms. The van der Waals surface area contributed by atoms with E-state index in [-0.39, 0.29) is 5.91 Å². The second-order valence-electron chi connectivity index (χ2n) is 6.60. The van der Waals surface area contributed by atoms with E-state index in [0.29, 0.717) is 11.7 Å². The largest absolute Gasteiger partial charge is 0.349 e. The zero-order chi connectivity index (χ0) is 15.4. The number of nitrogens with zero attached hydrogens (tertiary/aromatic N) is 3. The van der Waals surface area contributed by atoms with Crippen LogP contribution in [-0.2, 0) is 0 Å². The monoisotopic (exact) mass is 302 g/mol. The predicted octanol–water partition coefficient (Wildman–Crippen LogP) is 2.31. The molecule has 120 valence electrons. The third-order valence-electron chi connectivity index (χ3n) is 5.00. The lowest BCUT2D eigenvalue weighted by Gasteiger charge is -2.35. The molecule has 1 aliphatic heterocycles. The van der Waals surface area contributed by atoms with Crippen LogP contribution in [-0.4, -0.2) is 46.2 Å². The van der Waals surface area contributed by atoms with E-state index in [1.54, 1.807) is 6.07 Å². The Morgan fingerprint density at radius 2 is 2.00 bits per heavy atom. The zero-order valence-electron chi connectivity index (χ0n) is 13.4. The van der Waals surface area contributed by atoms with Crippen LogP contribution in [0.5, 0.6) is 0 Å². The highest BCUT2D eigenvalue weighted by molar-refractivity contribution is 5.92. The molecule has 1 saturated carbocycles. The minimum Gasteiger partial charge on any atom is -0.349 e. The van der Waals surface area contributed by atoms with E-state index < -0.39 is 0 Å². The SMILES string of the molecule is Cc1ccc(C(=O)NCC2CCCN2C2CCCCC2)nn1. The van der Waals surface area contributed by atoms with Crippen LogP contribution in [0, 0.1) is 6.92 Å². The molecular formula is C17H26N4O. The smallest absolute Gasteiger partial charge is 0.271 e. The van der Waals surface area contributed by atoms with Crippen molar-refractivity contribution in [3.63, 3.8) is 0 Å². The summed E-state index contributed by atoms with van der Waals surface area (Å²) in [6.07, 6.45) is 9.20.